The third kappa shape index (κ3) is 4.05. The van der Waals surface area contributed by atoms with E-state index >= 15 is 0 Å². The Balaban J connectivity index is 1.80. The van der Waals surface area contributed by atoms with Gasteiger partial charge >= 0.3 is 0 Å². The molecule has 0 heterocycles. The molecule has 126 valence electrons. The van der Waals surface area contributed by atoms with Crippen molar-refractivity contribution in [1.29, 1.82) is 0 Å². The molecule has 0 saturated carbocycles. The van der Waals surface area contributed by atoms with Crippen LogP contribution >= 0.6 is 47.0 Å². The smallest absolute Gasteiger partial charge is 0.258 e. The lowest BCUT2D eigenvalue weighted by Gasteiger charge is -2.12. The molecule has 0 unspecified atom stereocenters. The lowest BCUT2D eigenvalue weighted by molar-refractivity contribution is 0.0979. The van der Waals surface area contributed by atoms with Crippen molar-refractivity contribution in [2.45, 2.75) is 0 Å². The number of fused-ring (bicyclic) bond motifs is 1. The molecular formula is C18H11Cl3N2OS. The molecule has 0 aromatic heterocycles. The first kappa shape index (κ1) is 18.0. The summed E-state index contributed by atoms with van der Waals surface area (Å²) in [4.78, 5) is 12.6. The Morgan fingerprint density at radius 3 is 2.36 bits per heavy atom. The lowest BCUT2D eigenvalue weighted by Crippen LogP contribution is -2.34. The van der Waals surface area contributed by atoms with Crippen LogP contribution in [0.3, 0.4) is 0 Å². The van der Waals surface area contributed by atoms with Crippen LogP contribution in [0.4, 0.5) is 5.69 Å². The van der Waals surface area contributed by atoms with Gasteiger partial charge in [-0.3, -0.25) is 10.1 Å². The molecule has 0 spiro atoms. The fraction of sp³-hybridized carbons (Fsp3) is 0. The van der Waals surface area contributed by atoms with Crippen LogP contribution in [0.5, 0.6) is 0 Å². The summed E-state index contributed by atoms with van der Waals surface area (Å²) in [5, 5.41) is 8.71. The molecule has 0 aliphatic heterocycles. The van der Waals surface area contributed by atoms with E-state index in [1.807, 2.05) is 12.1 Å². The zero-order chi connectivity index (χ0) is 18.0. The highest BCUT2D eigenvalue weighted by atomic mass is 35.5. The highest BCUT2D eigenvalue weighted by Gasteiger charge is 2.13. The molecule has 1 amide bonds. The van der Waals surface area contributed by atoms with Crippen LogP contribution in [0.2, 0.25) is 15.1 Å². The predicted molar refractivity (Wildman–Crippen MR) is 109 cm³/mol. The predicted octanol–water partition coefficient (Wildman–Crippen LogP) is 5.93. The number of amides is 1. The molecule has 2 N–H and O–H groups in total. The average Bonchev–Trinajstić information content (AvgIpc) is 2.57. The van der Waals surface area contributed by atoms with Gasteiger partial charge in [0.25, 0.3) is 5.91 Å². The number of anilines is 1. The molecule has 0 radical (unpaired) electrons. The van der Waals surface area contributed by atoms with E-state index < -0.39 is 0 Å². The Morgan fingerprint density at radius 2 is 1.60 bits per heavy atom. The number of hydrogen-bond acceptors (Lipinski definition) is 2. The quantitative estimate of drug-likeness (QED) is 0.516. The molecule has 3 aromatic carbocycles. The largest absolute Gasteiger partial charge is 0.331 e. The Morgan fingerprint density at radius 1 is 0.880 bits per heavy atom. The first-order chi connectivity index (χ1) is 12.0. The summed E-state index contributed by atoms with van der Waals surface area (Å²) in [5.41, 5.74) is 1.03. The SMILES string of the molecule is O=C(NC(=S)Nc1ccc(Cl)cc1Cl)c1cccc2c(Cl)cccc12. The van der Waals surface area contributed by atoms with Gasteiger partial charge < -0.3 is 5.32 Å². The third-order valence-electron chi connectivity index (χ3n) is 3.52. The molecule has 7 heteroatoms. The Labute approximate surface area is 164 Å². The molecule has 0 fully saturated rings. The summed E-state index contributed by atoms with van der Waals surface area (Å²) in [6, 6.07) is 15.7. The number of hydrogen-bond donors (Lipinski definition) is 2. The lowest BCUT2D eigenvalue weighted by atomic mass is 10.0. The van der Waals surface area contributed by atoms with E-state index in [0.717, 1.165) is 10.8 Å². The van der Waals surface area contributed by atoms with E-state index in [1.54, 1.807) is 42.5 Å². The van der Waals surface area contributed by atoms with Crippen LogP contribution < -0.4 is 10.6 Å². The zero-order valence-electron chi connectivity index (χ0n) is 12.6. The van der Waals surface area contributed by atoms with E-state index in [-0.39, 0.29) is 11.0 Å². The third-order valence-corrected chi connectivity index (χ3v) is 4.60. The van der Waals surface area contributed by atoms with Crippen LogP contribution in [0.15, 0.2) is 54.6 Å². The summed E-state index contributed by atoms with van der Waals surface area (Å²) in [6.07, 6.45) is 0. The highest BCUT2D eigenvalue weighted by molar-refractivity contribution is 7.80. The minimum absolute atomic E-state index is 0.133. The maximum Gasteiger partial charge on any atom is 0.258 e. The number of thiocarbonyl (C=S) groups is 1. The first-order valence-corrected chi connectivity index (χ1v) is 8.74. The second kappa shape index (κ2) is 7.58. The number of rotatable bonds is 2. The van der Waals surface area contributed by atoms with Crippen molar-refractivity contribution in [3.63, 3.8) is 0 Å². The fourth-order valence-electron chi connectivity index (χ4n) is 2.38. The normalized spacial score (nSPS) is 10.5. The monoisotopic (exact) mass is 408 g/mol. The molecule has 0 atom stereocenters. The van der Waals surface area contributed by atoms with Crippen LogP contribution in [-0.2, 0) is 0 Å². The Kier molecular flexibility index (Phi) is 5.45. The van der Waals surface area contributed by atoms with Gasteiger partial charge in [0.15, 0.2) is 5.11 Å². The summed E-state index contributed by atoms with van der Waals surface area (Å²) >= 11 is 23.3. The van der Waals surface area contributed by atoms with Crippen molar-refractivity contribution in [1.82, 2.24) is 5.32 Å². The first-order valence-electron chi connectivity index (χ1n) is 7.20. The van der Waals surface area contributed by atoms with E-state index in [4.69, 9.17) is 47.0 Å². The van der Waals surface area contributed by atoms with Crippen LogP contribution in [-0.4, -0.2) is 11.0 Å². The second-order valence-corrected chi connectivity index (χ2v) is 6.83. The summed E-state index contributed by atoms with van der Waals surface area (Å²) in [6.45, 7) is 0. The van der Waals surface area contributed by atoms with Crippen molar-refractivity contribution in [2.24, 2.45) is 0 Å². The molecule has 3 rings (SSSR count). The van der Waals surface area contributed by atoms with Crippen LogP contribution in [0, 0.1) is 0 Å². The molecule has 0 aliphatic carbocycles. The molecule has 25 heavy (non-hydrogen) atoms. The van der Waals surface area contributed by atoms with Crippen molar-refractivity contribution in [2.75, 3.05) is 5.32 Å². The van der Waals surface area contributed by atoms with Gasteiger partial charge in [-0.1, -0.05) is 59.1 Å². The minimum Gasteiger partial charge on any atom is -0.331 e. The molecular weight excluding hydrogens is 399 g/mol. The maximum absolute atomic E-state index is 12.6. The van der Waals surface area contributed by atoms with Crippen molar-refractivity contribution >= 4 is 74.5 Å². The van der Waals surface area contributed by atoms with Crippen molar-refractivity contribution < 1.29 is 4.79 Å². The van der Waals surface area contributed by atoms with E-state index in [2.05, 4.69) is 10.6 Å². The van der Waals surface area contributed by atoms with E-state index in [1.165, 1.54) is 0 Å². The maximum atomic E-state index is 12.6. The molecule has 3 nitrogen and oxygen atoms in total. The topological polar surface area (TPSA) is 41.1 Å². The summed E-state index contributed by atoms with van der Waals surface area (Å²) in [5.74, 6) is -0.338. The van der Waals surface area contributed by atoms with Gasteiger partial charge in [0, 0.05) is 21.0 Å². The summed E-state index contributed by atoms with van der Waals surface area (Å²) in [7, 11) is 0. The van der Waals surface area contributed by atoms with E-state index in [0.29, 0.717) is 26.3 Å². The fourth-order valence-corrected chi connectivity index (χ4v) is 3.28. The summed E-state index contributed by atoms with van der Waals surface area (Å²) < 4.78 is 0. The molecule has 0 saturated heterocycles. The van der Waals surface area contributed by atoms with Gasteiger partial charge in [0.05, 0.1) is 10.7 Å². The van der Waals surface area contributed by atoms with Gasteiger partial charge in [-0.05, 0) is 47.9 Å². The molecule has 0 bridgehead atoms. The number of benzene rings is 3. The highest BCUT2D eigenvalue weighted by Crippen LogP contribution is 2.27. The minimum atomic E-state index is -0.338. The Hall–Kier alpha value is -1.85. The number of carbonyl (C=O) groups is 1. The van der Waals surface area contributed by atoms with Crippen molar-refractivity contribution in [3.05, 3.63) is 75.2 Å². The molecule has 3 aromatic rings. The van der Waals surface area contributed by atoms with Gasteiger partial charge in [-0.25, -0.2) is 0 Å². The van der Waals surface area contributed by atoms with Crippen LogP contribution in [0.25, 0.3) is 10.8 Å². The standard InChI is InChI=1S/C18H11Cl3N2OS/c19-10-7-8-16(15(21)9-10)22-18(25)23-17(24)13-5-1-4-12-11(13)3-2-6-14(12)20/h1-9H,(H2,22,23,24,25). The van der Waals surface area contributed by atoms with Gasteiger partial charge in [0.2, 0.25) is 0 Å². The number of nitrogens with one attached hydrogen (secondary N) is 2. The zero-order valence-corrected chi connectivity index (χ0v) is 15.7. The number of carbonyl (C=O) groups excluding carboxylic acids is 1. The number of halogens is 3. The second-order valence-electron chi connectivity index (χ2n) is 5.17. The van der Waals surface area contributed by atoms with Crippen molar-refractivity contribution in [3.8, 4) is 0 Å². The average molecular weight is 410 g/mol. The van der Waals surface area contributed by atoms with E-state index in [9.17, 15) is 4.79 Å². The molecule has 0 aliphatic rings. The van der Waals surface area contributed by atoms with Gasteiger partial charge in [-0.15, -0.1) is 0 Å². The van der Waals surface area contributed by atoms with Crippen LogP contribution in [0.1, 0.15) is 10.4 Å². The van der Waals surface area contributed by atoms with Gasteiger partial charge in [-0.2, -0.15) is 0 Å². The van der Waals surface area contributed by atoms with Gasteiger partial charge in [0.1, 0.15) is 0 Å². The Bertz CT molecular complexity index is 991.